The van der Waals surface area contributed by atoms with Crippen LogP contribution in [0.15, 0.2) is 42.5 Å². The Morgan fingerprint density at radius 1 is 0.853 bits per heavy atom. The summed E-state index contributed by atoms with van der Waals surface area (Å²) in [5, 5.41) is 0.0201. The molecule has 0 aliphatic carbocycles. The Morgan fingerprint density at radius 3 is 1.88 bits per heavy atom. The van der Waals surface area contributed by atoms with Crippen molar-refractivity contribution in [2.45, 2.75) is 44.9 Å². The number of ether oxygens (including phenoxy) is 4. The Morgan fingerprint density at radius 2 is 1.41 bits per heavy atom. The van der Waals surface area contributed by atoms with Crippen molar-refractivity contribution < 1.29 is 28.2 Å². The Balaban J connectivity index is 2.06. The van der Waals surface area contributed by atoms with Crippen molar-refractivity contribution in [1.82, 2.24) is 0 Å². The van der Waals surface area contributed by atoms with Gasteiger partial charge in [0.1, 0.15) is 5.75 Å². The summed E-state index contributed by atoms with van der Waals surface area (Å²) in [4.78, 5) is 14.6. The first-order valence-electron chi connectivity index (χ1n) is 11.1. The monoisotopic (exact) mass is 485 g/mol. The number of anilines is 1. The molecule has 1 heterocycles. The summed E-state index contributed by atoms with van der Waals surface area (Å²) in [6, 6.07) is 8.92. The van der Waals surface area contributed by atoms with Crippen molar-refractivity contribution in [2.24, 2.45) is 0 Å². The highest BCUT2D eigenvalue weighted by atomic mass is 28.4. The molecule has 0 saturated carbocycles. The molecule has 1 atom stereocenters. The van der Waals surface area contributed by atoms with Crippen LogP contribution < -0.4 is 28.3 Å². The van der Waals surface area contributed by atoms with Crippen molar-refractivity contribution in [3.8, 4) is 28.7 Å². The second kappa shape index (κ2) is 9.25. The van der Waals surface area contributed by atoms with E-state index >= 15 is 0 Å². The van der Waals surface area contributed by atoms with Crippen LogP contribution in [-0.2, 0) is 4.79 Å². The highest BCUT2D eigenvalue weighted by Crippen LogP contribution is 2.49. The van der Waals surface area contributed by atoms with Crippen LogP contribution in [0.3, 0.4) is 0 Å². The highest BCUT2D eigenvalue weighted by molar-refractivity contribution is 6.74. The van der Waals surface area contributed by atoms with Gasteiger partial charge >= 0.3 is 0 Å². The Kier molecular flexibility index (Phi) is 6.94. The van der Waals surface area contributed by atoms with Crippen LogP contribution in [0, 0.1) is 0 Å². The first-order chi connectivity index (χ1) is 15.9. The van der Waals surface area contributed by atoms with Gasteiger partial charge in [-0.05, 0) is 35.8 Å². The average Bonchev–Trinajstić information content (AvgIpc) is 2.79. The summed E-state index contributed by atoms with van der Waals surface area (Å²) in [5.74, 6) is 2.57. The molecule has 0 spiro atoms. The average molecular weight is 486 g/mol. The maximum Gasteiger partial charge on any atom is 0.256 e. The van der Waals surface area contributed by atoms with Crippen LogP contribution in [0.1, 0.15) is 32.4 Å². The molecule has 1 unspecified atom stereocenters. The van der Waals surface area contributed by atoms with Crippen LogP contribution in [0.25, 0.3) is 0 Å². The van der Waals surface area contributed by atoms with Gasteiger partial charge in [-0.25, -0.2) is 0 Å². The van der Waals surface area contributed by atoms with Crippen molar-refractivity contribution >= 4 is 19.9 Å². The molecule has 1 saturated heterocycles. The van der Waals surface area contributed by atoms with E-state index in [9.17, 15) is 4.79 Å². The fourth-order valence-electron chi connectivity index (χ4n) is 3.67. The van der Waals surface area contributed by atoms with Gasteiger partial charge in [-0.1, -0.05) is 33.4 Å². The van der Waals surface area contributed by atoms with E-state index in [1.807, 2.05) is 18.2 Å². The van der Waals surface area contributed by atoms with Gasteiger partial charge in [0.15, 0.2) is 17.2 Å². The zero-order valence-electron chi connectivity index (χ0n) is 21.6. The normalized spacial score (nSPS) is 16.1. The van der Waals surface area contributed by atoms with Gasteiger partial charge in [0.2, 0.25) is 5.75 Å². The molecule has 1 fully saturated rings. The molecule has 2 aromatic carbocycles. The first kappa shape index (κ1) is 25.5. The molecular weight excluding hydrogens is 450 g/mol. The lowest BCUT2D eigenvalue weighted by Crippen LogP contribution is -2.49. The fraction of sp³-hybridized carbons (Fsp3) is 0.423. The minimum absolute atomic E-state index is 0.0201. The smallest absolute Gasteiger partial charge is 0.256 e. The van der Waals surface area contributed by atoms with Crippen molar-refractivity contribution in [3.63, 3.8) is 0 Å². The van der Waals surface area contributed by atoms with Crippen molar-refractivity contribution in [3.05, 3.63) is 48.0 Å². The van der Waals surface area contributed by atoms with E-state index in [2.05, 4.69) is 40.4 Å². The third kappa shape index (κ3) is 4.34. The summed E-state index contributed by atoms with van der Waals surface area (Å²) in [7, 11) is 4.14. The van der Waals surface area contributed by atoms with Gasteiger partial charge in [0.25, 0.3) is 14.2 Å². The van der Waals surface area contributed by atoms with Gasteiger partial charge < -0.3 is 23.4 Å². The Hall–Kier alpha value is -3.13. The number of rotatable bonds is 8. The van der Waals surface area contributed by atoms with Crippen LogP contribution in [0.5, 0.6) is 28.7 Å². The number of carbonyl (C=O) groups excluding carboxylic acids is 1. The minimum atomic E-state index is -2.12. The molecule has 0 bridgehead atoms. The number of nitrogens with zero attached hydrogens (tertiary/aromatic N) is 1. The predicted octanol–water partition coefficient (Wildman–Crippen LogP) is 5.75. The molecule has 184 valence electrons. The third-order valence-corrected chi connectivity index (χ3v) is 11.0. The summed E-state index contributed by atoms with van der Waals surface area (Å²) in [6.07, 6.45) is 0. The van der Waals surface area contributed by atoms with Gasteiger partial charge in [0.05, 0.1) is 40.2 Å². The van der Waals surface area contributed by atoms with Crippen LogP contribution in [-0.4, -0.2) is 42.7 Å². The second-order valence-corrected chi connectivity index (χ2v) is 14.5. The van der Waals surface area contributed by atoms with Gasteiger partial charge in [0, 0.05) is 17.7 Å². The molecule has 7 nitrogen and oxygen atoms in total. The van der Waals surface area contributed by atoms with E-state index in [1.54, 1.807) is 45.5 Å². The molecule has 2 aromatic rings. The number of hydrogen-bond donors (Lipinski definition) is 0. The lowest BCUT2D eigenvalue weighted by Gasteiger charge is -2.43. The van der Waals surface area contributed by atoms with Gasteiger partial charge in [-0.3, -0.25) is 9.69 Å². The quantitative estimate of drug-likeness (QED) is 0.269. The van der Waals surface area contributed by atoms with E-state index in [0.717, 1.165) is 5.56 Å². The standard InChI is InChI=1S/C26H35NO6Si/c1-16-23(17-11-12-19(29-5)20(13-17)33-34(9,10)26(2,3)4)27(25(16)28)18-14-21(30-6)24(32-8)22(15-18)31-7/h11-15,23H,1H2,2-10H3. The fourth-order valence-corrected chi connectivity index (χ4v) is 4.69. The highest BCUT2D eigenvalue weighted by Gasteiger charge is 2.44. The SMILES string of the molecule is C=C1C(=O)N(c2cc(OC)c(OC)c(OC)c2)C1c1ccc(OC)c(O[Si](C)(C)C(C)(C)C)c1. The lowest BCUT2D eigenvalue weighted by molar-refractivity contribution is -0.118. The zero-order chi connectivity index (χ0) is 25.4. The van der Waals surface area contributed by atoms with E-state index in [0.29, 0.717) is 40.0 Å². The van der Waals surface area contributed by atoms with Crippen LogP contribution in [0.2, 0.25) is 18.1 Å². The maximum absolute atomic E-state index is 12.9. The van der Waals surface area contributed by atoms with Gasteiger partial charge in [-0.2, -0.15) is 0 Å². The number of amides is 1. The van der Waals surface area contributed by atoms with E-state index in [-0.39, 0.29) is 17.0 Å². The Labute approximate surface area is 203 Å². The first-order valence-corrected chi connectivity index (χ1v) is 14.0. The van der Waals surface area contributed by atoms with Crippen molar-refractivity contribution in [1.29, 1.82) is 0 Å². The topological polar surface area (TPSA) is 66.5 Å². The Bertz CT molecular complexity index is 1080. The molecule has 1 aliphatic rings. The minimum Gasteiger partial charge on any atom is -0.541 e. The van der Waals surface area contributed by atoms with Gasteiger partial charge in [-0.15, -0.1) is 0 Å². The predicted molar refractivity (Wildman–Crippen MR) is 136 cm³/mol. The molecule has 1 amide bonds. The number of methoxy groups -OCH3 is 4. The number of benzene rings is 2. The summed E-state index contributed by atoms with van der Waals surface area (Å²) < 4.78 is 28.5. The van der Waals surface area contributed by atoms with E-state index < -0.39 is 8.32 Å². The summed E-state index contributed by atoms with van der Waals surface area (Å²) >= 11 is 0. The van der Waals surface area contributed by atoms with E-state index in [1.165, 1.54) is 0 Å². The van der Waals surface area contributed by atoms with E-state index in [4.69, 9.17) is 23.4 Å². The molecule has 0 radical (unpaired) electrons. The molecule has 0 aromatic heterocycles. The lowest BCUT2D eigenvalue weighted by atomic mass is 9.88. The molecular formula is C26H35NO6Si. The summed E-state index contributed by atoms with van der Waals surface area (Å²) in [6.45, 7) is 15.0. The molecule has 3 rings (SSSR count). The number of hydrogen-bond acceptors (Lipinski definition) is 6. The molecule has 0 N–H and O–H groups in total. The largest absolute Gasteiger partial charge is 0.541 e. The zero-order valence-corrected chi connectivity index (χ0v) is 22.6. The summed E-state index contributed by atoms with van der Waals surface area (Å²) in [5.41, 5.74) is 2.00. The van der Waals surface area contributed by atoms with Crippen LogP contribution in [0.4, 0.5) is 5.69 Å². The number of carbonyl (C=O) groups is 1. The molecule has 1 aliphatic heterocycles. The molecule has 34 heavy (non-hydrogen) atoms. The van der Waals surface area contributed by atoms with Crippen molar-refractivity contribution in [2.75, 3.05) is 33.3 Å². The number of β-lactam (4-membered cyclic amide) rings is 1. The second-order valence-electron chi connectivity index (χ2n) is 9.76. The molecule has 8 heteroatoms. The third-order valence-electron chi connectivity index (χ3n) is 6.68. The van der Waals surface area contributed by atoms with Crippen LogP contribution >= 0.6 is 0 Å². The maximum atomic E-state index is 12.9.